The highest BCUT2D eigenvalue weighted by Gasteiger charge is 2.24. The third kappa shape index (κ3) is 6.72. The molecule has 1 N–H and O–H groups in total. The van der Waals surface area contributed by atoms with E-state index in [0.717, 1.165) is 28.0 Å². The topological polar surface area (TPSA) is 105 Å². The van der Waals surface area contributed by atoms with Crippen molar-refractivity contribution >= 4 is 40.0 Å². The molecule has 208 valence electrons. The molecule has 9 nitrogen and oxygen atoms in total. The molecule has 0 radical (unpaired) electrons. The maximum atomic E-state index is 13.0. The molecule has 0 atom stereocenters. The van der Waals surface area contributed by atoms with Gasteiger partial charge in [-0.2, -0.15) is 0 Å². The minimum Gasteiger partial charge on any atom is -0.497 e. The average molecular weight is 579 g/mol. The number of aromatic nitrogens is 3. The number of hydrogen-bond acceptors (Lipinski definition) is 9. The van der Waals surface area contributed by atoms with Gasteiger partial charge in [-0.25, -0.2) is 4.79 Å². The summed E-state index contributed by atoms with van der Waals surface area (Å²) < 4.78 is 17.9. The van der Waals surface area contributed by atoms with Crippen LogP contribution in [0.5, 0.6) is 11.5 Å². The van der Waals surface area contributed by atoms with Gasteiger partial charge in [0.15, 0.2) is 11.0 Å². The van der Waals surface area contributed by atoms with Crippen LogP contribution in [0.25, 0.3) is 11.1 Å². The lowest BCUT2D eigenvalue weighted by molar-refractivity contribution is -0.113. The Morgan fingerprint density at radius 1 is 1.07 bits per heavy atom. The number of aryl methyl sites for hydroxylation is 2. The number of rotatable bonds is 12. The molecule has 0 bridgehead atoms. The third-order valence-electron chi connectivity index (χ3n) is 5.98. The zero-order chi connectivity index (χ0) is 28.6. The van der Waals surface area contributed by atoms with E-state index in [4.69, 9.17) is 14.2 Å². The van der Waals surface area contributed by atoms with Gasteiger partial charge in [0.1, 0.15) is 28.7 Å². The molecular weight excluding hydrogens is 548 g/mol. The second-order valence-corrected chi connectivity index (χ2v) is 10.6. The number of amides is 1. The Morgan fingerprint density at radius 2 is 1.82 bits per heavy atom. The van der Waals surface area contributed by atoms with Crippen molar-refractivity contribution in [2.45, 2.75) is 32.2 Å². The van der Waals surface area contributed by atoms with Crippen molar-refractivity contribution in [1.82, 2.24) is 14.8 Å². The lowest BCUT2D eigenvalue weighted by atomic mass is 9.97. The molecule has 0 aliphatic carbocycles. The molecule has 2 aromatic carbocycles. The van der Waals surface area contributed by atoms with Crippen LogP contribution in [0.3, 0.4) is 0 Å². The number of anilines is 1. The maximum Gasteiger partial charge on any atom is 0.341 e. The van der Waals surface area contributed by atoms with Gasteiger partial charge in [0.2, 0.25) is 5.91 Å². The van der Waals surface area contributed by atoms with Crippen LogP contribution in [0.1, 0.15) is 27.3 Å². The molecule has 0 saturated carbocycles. The van der Waals surface area contributed by atoms with Crippen LogP contribution >= 0.6 is 23.1 Å². The quantitative estimate of drug-likeness (QED) is 0.126. The summed E-state index contributed by atoms with van der Waals surface area (Å²) in [6.45, 7) is 8.44. The molecule has 4 aromatic rings. The van der Waals surface area contributed by atoms with E-state index in [1.54, 1.807) is 13.2 Å². The number of allylic oxidation sites excluding steroid dienone is 1. The number of carbonyl (C=O) groups is 2. The van der Waals surface area contributed by atoms with E-state index in [2.05, 4.69) is 22.1 Å². The fourth-order valence-corrected chi connectivity index (χ4v) is 5.67. The highest BCUT2D eigenvalue weighted by atomic mass is 32.2. The van der Waals surface area contributed by atoms with Gasteiger partial charge in [-0.05, 0) is 49.2 Å². The van der Waals surface area contributed by atoms with Crippen LogP contribution in [-0.2, 0) is 22.7 Å². The lowest BCUT2D eigenvalue weighted by Crippen LogP contribution is -2.16. The molecule has 0 saturated heterocycles. The second kappa shape index (κ2) is 13.3. The summed E-state index contributed by atoms with van der Waals surface area (Å²) in [5, 5.41) is 14.2. The van der Waals surface area contributed by atoms with Gasteiger partial charge in [0.25, 0.3) is 0 Å². The summed E-state index contributed by atoms with van der Waals surface area (Å²) in [6.07, 6.45) is 1.73. The normalized spacial score (nSPS) is 10.7. The Labute approximate surface area is 241 Å². The van der Waals surface area contributed by atoms with E-state index in [0.29, 0.717) is 33.8 Å². The molecule has 0 aliphatic rings. The van der Waals surface area contributed by atoms with E-state index in [1.807, 2.05) is 66.3 Å². The van der Waals surface area contributed by atoms with Crippen molar-refractivity contribution in [2.24, 2.45) is 0 Å². The summed E-state index contributed by atoms with van der Waals surface area (Å²) in [5.74, 6) is 1.28. The van der Waals surface area contributed by atoms with E-state index in [-0.39, 0.29) is 18.3 Å². The van der Waals surface area contributed by atoms with E-state index >= 15 is 0 Å². The first-order valence-corrected chi connectivity index (χ1v) is 14.2. The minimum atomic E-state index is -0.507. The summed E-state index contributed by atoms with van der Waals surface area (Å²) in [4.78, 5) is 25.7. The molecule has 4 rings (SSSR count). The van der Waals surface area contributed by atoms with E-state index < -0.39 is 5.97 Å². The Kier molecular flexibility index (Phi) is 9.62. The van der Waals surface area contributed by atoms with Gasteiger partial charge >= 0.3 is 5.97 Å². The zero-order valence-electron chi connectivity index (χ0n) is 22.7. The van der Waals surface area contributed by atoms with Gasteiger partial charge in [-0.15, -0.1) is 28.1 Å². The number of esters is 1. The summed E-state index contributed by atoms with van der Waals surface area (Å²) in [5.41, 5.74) is 4.09. The van der Waals surface area contributed by atoms with Crippen molar-refractivity contribution in [3.05, 3.63) is 83.0 Å². The van der Waals surface area contributed by atoms with Gasteiger partial charge in [0, 0.05) is 17.5 Å². The molecule has 0 unspecified atom stereocenters. The number of thioether (sulfide) groups is 1. The largest absolute Gasteiger partial charge is 0.497 e. The van der Waals surface area contributed by atoms with Crippen LogP contribution in [0.15, 0.2) is 65.7 Å². The Balaban J connectivity index is 1.45. The number of hydrogen-bond donors (Lipinski definition) is 1. The minimum absolute atomic E-state index is 0.0614. The molecule has 2 aromatic heterocycles. The summed E-state index contributed by atoms with van der Waals surface area (Å²) in [6, 6.07) is 13.3. The fourth-order valence-electron chi connectivity index (χ4n) is 3.94. The number of benzene rings is 2. The molecule has 0 fully saturated rings. The van der Waals surface area contributed by atoms with Crippen molar-refractivity contribution in [1.29, 1.82) is 0 Å². The first-order chi connectivity index (χ1) is 19.3. The number of ether oxygens (including phenoxy) is 3. The monoisotopic (exact) mass is 578 g/mol. The van der Waals surface area contributed by atoms with E-state index in [9.17, 15) is 9.59 Å². The Bertz CT molecular complexity index is 1510. The Hall–Kier alpha value is -4.09. The molecular formula is C29H30N4O5S2. The van der Waals surface area contributed by atoms with Crippen molar-refractivity contribution < 1.29 is 23.8 Å². The van der Waals surface area contributed by atoms with Crippen molar-refractivity contribution in [3.8, 4) is 22.6 Å². The molecule has 0 aliphatic heterocycles. The zero-order valence-corrected chi connectivity index (χ0v) is 24.4. The smallest absolute Gasteiger partial charge is 0.341 e. The number of carbonyl (C=O) groups excluding carboxylic acids is 2. The van der Waals surface area contributed by atoms with Gasteiger partial charge < -0.3 is 19.5 Å². The fraction of sp³-hybridized carbons (Fsp3) is 0.241. The third-order valence-corrected chi connectivity index (χ3v) is 7.84. The average Bonchev–Trinajstić information content (AvgIpc) is 3.55. The van der Waals surface area contributed by atoms with Crippen molar-refractivity contribution in [2.75, 3.05) is 25.3 Å². The molecule has 1 amide bonds. The SMILES string of the molecule is C=CCn1c(COc2ccc(OC)cc2)nnc1SCC(=O)Nc1scc(-c2cc(C)ccc2C)c1C(=O)OC. The van der Waals surface area contributed by atoms with Crippen LogP contribution in [-0.4, -0.2) is 46.6 Å². The number of nitrogens with zero attached hydrogens (tertiary/aromatic N) is 3. The summed E-state index contributed by atoms with van der Waals surface area (Å²) in [7, 11) is 2.94. The first kappa shape index (κ1) is 28.9. The molecule has 40 heavy (non-hydrogen) atoms. The highest BCUT2D eigenvalue weighted by molar-refractivity contribution is 7.99. The van der Waals surface area contributed by atoms with Crippen LogP contribution in [0.2, 0.25) is 0 Å². The highest BCUT2D eigenvalue weighted by Crippen LogP contribution is 2.38. The standard InChI is InChI=1S/C29H30N4O5S2/c1-6-13-33-24(15-38-21-11-9-20(36-4)10-12-21)31-32-29(33)40-17-25(34)30-27-26(28(35)37-5)23(16-39-27)22-14-18(2)7-8-19(22)3/h6-12,14,16H,1,13,15,17H2,2-5H3,(H,30,34). The predicted octanol–water partition coefficient (Wildman–Crippen LogP) is 5.91. The molecule has 0 spiro atoms. The second-order valence-electron chi connectivity index (χ2n) is 8.76. The number of thiophene rings is 1. The van der Waals surface area contributed by atoms with Gasteiger partial charge in [0.05, 0.1) is 20.0 Å². The Morgan fingerprint density at radius 3 is 2.52 bits per heavy atom. The van der Waals surface area contributed by atoms with Crippen LogP contribution in [0.4, 0.5) is 5.00 Å². The number of nitrogens with one attached hydrogen (secondary N) is 1. The van der Waals surface area contributed by atoms with Crippen LogP contribution in [0, 0.1) is 13.8 Å². The van der Waals surface area contributed by atoms with Crippen molar-refractivity contribution in [3.63, 3.8) is 0 Å². The lowest BCUT2D eigenvalue weighted by Gasteiger charge is -2.11. The predicted molar refractivity (Wildman–Crippen MR) is 157 cm³/mol. The summed E-state index contributed by atoms with van der Waals surface area (Å²) >= 11 is 2.52. The molecule has 11 heteroatoms. The molecule has 2 heterocycles. The first-order valence-electron chi connectivity index (χ1n) is 12.3. The number of methoxy groups -OCH3 is 2. The van der Waals surface area contributed by atoms with Gasteiger partial charge in [-0.1, -0.05) is 41.6 Å². The van der Waals surface area contributed by atoms with E-state index in [1.165, 1.54) is 30.2 Å². The maximum absolute atomic E-state index is 13.0. The van der Waals surface area contributed by atoms with Crippen LogP contribution < -0.4 is 14.8 Å². The van der Waals surface area contributed by atoms with Gasteiger partial charge in [-0.3, -0.25) is 9.36 Å².